The highest BCUT2D eigenvalue weighted by Gasteiger charge is 2.41. The number of halogens is 2. The van der Waals surface area contributed by atoms with Crippen LogP contribution < -0.4 is 10.2 Å². The molecule has 1 N–H and O–H groups in total. The van der Waals surface area contributed by atoms with Gasteiger partial charge in [-0.2, -0.15) is 0 Å². The summed E-state index contributed by atoms with van der Waals surface area (Å²) in [6.45, 7) is 0. The van der Waals surface area contributed by atoms with Crippen molar-refractivity contribution in [3.05, 3.63) is 69.2 Å². The van der Waals surface area contributed by atoms with E-state index in [-0.39, 0.29) is 0 Å². The van der Waals surface area contributed by atoms with Crippen molar-refractivity contribution in [3.63, 3.8) is 0 Å². The highest BCUT2D eigenvalue weighted by molar-refractivity contribution is 6.37. The number of carbonyl (C=O) groups is 1. The van der Waals surface area contributed by atoms with Crippen LogP contribution in [-0.2, 0) is 9.63 Å². The molecule has 0 aromatic heterocycles. The second-order valence-electron chi connectivity index (χ2n) is 4.91. The van der Waals surface area contributed by atoms with E-state index < -0.39 is 12.1 Å². The number of rotatable bonds is 1. The molecule has 0 fully saturated rings. The van der Waals surface area contributed by atoms with E-state index in [0.717, 1.165) is 5.56 Å². The van der Waals surface area contributed by atoms with Gasteiger partial charge in [-0.25, -0.2) is 4.79 Å². The molecule has 4 nitrogen and oxygen atoms in total. The molecule has 0 bridgehead atoms. The van der Waals surface area contributed by atoms with Crippen molar-refractivity contribution >= 4 is 34.9 Å². The van der Waals surface area contributed by atoms with Crippen LogP contribution in [0.25, 0.3) is 5.70 Å². The minimum Gasteiger partial charge on any atom is -0.423 e. The summed E-state index contributed by atoms with van der Waals surface area (Å²) >= 11 is 12.4. The van der Waals surface area contributed by atoms with Gasteiger partial charge in [0.1, 0.15) is 11.9 Å². The van der Waals surface area contributed by atoms with E-state index in [1.54, 1.807) is 30.3 Å². The molecule has 1 unspecified atom stereocenters. The minimum atomic E-state index is -0.542. The van der Waals surface area contributed by atoms with Gasteiger partial charge in [0.2, 0.25) is 0 Å². The van der Waals surface area contributed by atoms with Crippen LogP contribution in [0.2, 0.25) is 10.0 Å². The number of hydrogen-bond donors (Lipinski definition) is 1. The molecule has 1 atom stereocenters. The Morgan fingerprint density at radius 3 is 2.50 bits per heavy atom. The monoisotopic (exact) mass is 333 g/mol. The van der Waals surface area contributed by atoms with E-state index in [1.165, 1.54) is 0 Å². The summed E-state index contributed by atoms with van der Waals surface area (Å²) in [5, 5.41) is 0.858. The summed E-state index contributed by atoms with van der Waals surface area (Å²) in [6.07, 6.45) is -0.542. The maximum atomic E-state index is 12.4. The molecule has 2 aliphatic heterocycles. The maximum absolute atomic E-state index is 12.4. The largest absolute Gasteiger partial charge is 0.423 e. The Morgan fingerprint density at radius 1 is 1.00 bits per heavy atom. The maximum Gasteiger partial charge on any atom is 0.344 e. The lowest BCUT2D eigenvalue weighted by atomic mass is 9.95. The standard InChI is InChI=1S/C16H9Cl2NO3/c17-9-5-3-6-10(18)12(9)14-13-15(22-19-14)8-4-1-2-7-11(8)21-16(13)20/h1-7,15,19H. The molecular formula is C16H9Cl2NO3. The first-order valence-corrected chi connectivity index (χ1v) is 7.33. The minimum absolute atomic E-state index is 0.369. The van der Waals surface area contributed by atoms with Crippen LogP contribution in [0.4, 0.5) is 0 Å². The first-order valence-electron chi connectivity index (χ1n) is 6.58. The fourth-order valence-electron chi connectivity index (χ4n) is 2.66. The Bertz CT molecular complexity index is 812. The molecule has 4 rings (SSSR count). The van der Waals surface area contributed by atoms with Crippen LogP contribution in [0.3, 0.4) is 0 Å². The van der Waals surface area contributed by atoms with Gasteiger partial charge in [0.25, 0.3) is 0 Å². The van der Waals surface area contributed by atoms with Crippen LogP contribution >= 0.6 is 23.2 Å². The molecule has 2 aliphatic rings. The SMILES string of the molecule is O=C1Oc2ccccc2C2ONC(c3c(Cl)cccc3Cl)=C12. The number of hydroxylamine groups is 1. The molecular weight excluding hydrogens is 325 g/mol. The normalized spacial score (nSPS) is 19.4. The van der Waals surface area contributed by atoms with Crippen molar-refractivity contribution < 1.29 is 14.4 Å². The summed E-state index contributed by atoms with van der Waals surface area (Å²) in [6, 6.07) is 12.4. The van der Waals surface area contributed by atoms with E-state index in [0.29, 0.717) is 32.6 Å². The molecule has 0 spiro atoms. The lowest BCUT2D eigenvalue weighted by molar-refractivity contribution is -0.132. The summed E-state index contributed by atoms with van der Waals surface area (Å²) < 4.78 is 5.37. The number of para-hydroxylation sites is 1. The van der Waals surface area contributed by atoms with Crippen molar-refractivity contribution in [3.8, 4) is 5.75 Å². The van der Waals surface area contributed by atoms with Gasteiger partial charge in [-0.3, -0.25) is 10.3 Å². The summed E-state index contributed by atoms with van der Waals surface area (Å²) in [4.78, 5) is 17.9. The van der Waals surface area contributed by atoms with Crippen LogP contribution in [0.15, 0.2) is 48.0 Å². The Kier molecular flexibility index (Phi) is 3.11. The van der Waals surface area contributed by atoms with E-state index in [4.69, 9.17) is 32.8 Å². The molecule has 0 amide bonds. The predicted octanol–water partition coefficient (Wildman–Crippen LogP) is 3.90. The average molecular weight is 334 g/mol. The number of nitrogens with one attached hydrogen (secondary N) is 1. The molecule has 0 radical (unpaired) electrons. The number of hydrogen-bond acceptors (Lipinski definition) is 4. The molecule has 2 aromatic carbocycles. The summed E-state index contributed by atoms with van der Waals surface area (Å²) in [7, 11) is 0. The Hall–Kier alpha value is -2.01. The van der Waals surface area contributed by atoms with Crippen molar-refractivity contribution in [1.29, 1.82) is 0 Å². The van der Waals surface area contributed by atoms with Crippen LogP contribution in [-0.4, -0.2) is 5.97 Å². The highest BCUT2D eigenvalue weighted by atomic mass is 35.5. The van der Waals surface area contributed by atoms with Crippen molar-refractivity contribution in [2.24, 2.45) is 0 Å². The van der Waals surface area contributed by atoms with Gasteiger partial charge in [0, 0.05) is 11.1 Å². The molecule has 6 heteroatoms. The van der Waals surface area contributed by atoms with Crippen LogP contribution in [0.1, 0.15) is 17.2 Å². The first-order chi connectivity index (χ1) is 10.7. The van der Waals surface area contributed by atoms with E-state index in [1.807, 2.05) is 12.1 Å². The first kappa shape index (κ1) is 13.6. The molecule has 0 saturated heterocycles. The third kappa shape index (κ3) is 1.92. The fraction of sp³-hybridized carbons (Fsp3) is 0.0625. The third-order valence-electron chi connectivity index (χ3n) is 3.65. The van der Waals surface area contributed by atoms with Gasteiger partial charge >= 0.3 is 5.97 Å². The number of carbonyl (C=O) groups excluding carboxylic acids is 1. The van der Waals surface area contributed by atoms with Gasteiger partial charge in [0.15, 0.2) is 0 Å². The second-order valence-corrected chi connectivity index (χ2v) is 5.73. The topological polar surface area (TPSA) is 47.6 Å². The lowest BCUT2D eigenvalue weighted by Gasteiger charge is -2.21. The fourth-order valence-corrected chi connectivity index (χ4v) is 3.24. The molecule has 0 aliphatic carbocycles. The molecule has 2 heterocycles. The van der Waals surface area contributed by atoms with Crippen LogP contribution in [0, 0.1) is 0 Å². The number of esters is 1. The van der Waals surface area contributed by atoms with Gasteiger partial charge in [-0.15, -0.1) is 0 Å². The molecule has 0 saturated carbocycles. The molecule has 22 heavy (non-hydrogen) atoms. The van der Waals surface area contributed by atoms with Gasteiger partial charge in [-0.1, -0.05) is 47.5 Å². The Morgan fingerprint density at radius 2 is 1.73 bits per heavy atom. The van der Waals surface area contributed by atoms with Crippen molar-refractivity contribution in [1.82, 2.24) is 5.48 Å². The summed E-state index contributed by atoms with van der Waals surface area (Å²) in [5.41, 5.74) is 4.90. The number of benzene rings is 2. The van der Waals surface area contributed by atoms with E-state index in [9.17, 15) is 4.79 Å². The van der Waals surface area contributed by atoms with Gasteiger partial charge < -0.3 is 4.74 Å². The average Bonchev–Trinajstić information content (AvgIpc) is 2.93. The smallest absolute Gasteiger partial charge is 0.344 e. The zero-order valence-corrected chi connectivity index (χ0v) is 12.6. The molecule has 110 valence electrons. The number of fused-ring (bicyclic) bond motifs is 3. The van der Waals surface area contributed by atoms with Crippen LogP contribution in [0.5, 0.6) is 5.75 Å². The summed E-state index contributed by atoms with van der Waals surface area (Å²) in [5.74, 6) is 0.0224. The Labute approximate surface area is 136 Å². The second kappa shape index (κ2) is 5.02. The lowest BCUT2D eigenvalue weighted by Crippen LogP contribution is -2.22. The van der Waals surface area contributed by atoms with E-state index in [2.05, 4.69) is 5.48 Å². The predicted molar refractivity (Wildman–Crippen MR) is 82.4 cm³/mol. The number of ether oxygens (including phenoxy) is 1. The van der Waals surface area contributed by atoms with Gasteiger partial charge in [0.05, 0.1) is 21.3 Å². The van der Waals surface area contributed by atoms with Gasteiger partial charge in [-0.05, 0) is 18.2 Å². The zero-order chi connectivity index (χ0) is 15.3. The van der Waals surface area contributed by atoms with Crippen molar-refractivity contribution in [2.75, 3.05) is 0 Å². The Balaban J connectivity index is 1.93. The zero-order valence-electron chi connectivity index (χ0n) is 11.1. The third-order valence-corrected chi connectivity index (χ3v) is 4.28. The molecule has 2 aromatic rings. The quantitative estimate of drug-likeness (QED) is 0.635. The van der Waals surface area contributed by atoms with E-state index >= 15 is 0 Å². The highest BCUT2D eigenvalue weighted by Crippen LogP contribution is 2.45. The van der Waals surface area contributed by atoms with Crippen molar-refractivity contribution in [2.45, 2.75) is 6.10 Å².